The third-order valence-corrected chi connectivity index (χ3v) is 12.3. The molecule has 0 saturated carbocycles. The highest BCUT2D eigenvalue weighted by Gasteiger charge is 2.15. The molecule has 12 heteroatoms. The molecule has 0 atom stereocenters. The van der Waals surface area contributed by atoms with Gasteiger partial charge in [0.05, 0.1) is 36.2 Å². The maximum Gasteiger partial charge on any atom is 0.296 e. The first-order valence-corrected chi connectivity index (χ1v) is 25.5. The SMILES string of the molecule is CCCCCCCCCCCCCCOS(=O)(=O)c1ccccc1.CCCCCCCCCCCCCCc1ccccc1S(=O)(=O)O.OCCN(CCO)CCO. The van der Waals surface area contributed by atoms with Gasteiger partial charge in [-0.1, -0.05) is 192 Å². The quantitative estimate of drug-likeness (QED) is 0.0298. The lowest BCUT2D eigenvalue weighted by atomic mass is 10.0. The lowest BCUT2D eigenvalue weighted by Gasteiger charge is -2.17. The van der Waals surface area contributed by atoms with E-state index in [0.717, 1.165) is 31.2 Å². The second-order valence-electron chi connectivity index (χ2n) is 15.2. The Labute approximate surface area is 355 Å². The minimum atomic E-state index is -4.10. The zero-order valence-electron chi connectivity index (χ0n) is 36.4. The van der Waals surface area contributed by atoms with Crippen molar-refractivity contribution in [2.75, 3.05) is 46.1 Å². The number of benzene rings is 2. The molecule has 0 aliphatic rings. The van der Waals surface area contributed by atoms with Gasteiger partial charge in [0.25, 0.3) is 20.2 Å². The summed E-state index contributed by atoms with van der Waals surface area (Å²) in [5.41, 5.74) is 0.729. The average molecular weight is 858 g/mol. The third kappa shape index (κ3) is 32.9. The fourth-order valence-corrected chi connectivity index (χ4v) is 8.36. The van der Waals surface area contributed by atoms with E-state index in [4.69, 9.17) is 19.5 Å². The van der Waals surface area contributed by atoms with Crippen molar-refractivity contribution >= 4 is 20.2 Å². The van der Waals surface area contributed by atoms with Crippen LogP contribution in [-0.4, -0.2) is 87.7 Å². The van der Waals surface area contributed by atoms with E-state index < -0.39 is 20.2 Å². The molecule has 0 fully saturated rings. The summed E-state index contributed by atoms with van der Waals surface area (Å²) in [7, 11) is -7.67. The minimum Gasteiger partial charge on any atom is -0.395 e. The first kappa shape index (κ1) is 56.1. The average Bonchev–Trinajstić information content (AvgIpc) is 3.21. The van der Waals surface area contributed by atoms with Crippen molar-refractivity contribution in [1.82, 2.24) is 4.90 Å². The third-order valence-electron chi connectivity index (χ3n) is 10.1. The van der Waals surface area contributed by atoms with Gasteiger partial charge in [-0.3, -0.25) is 13.6 Å². The molecule has 0 aromatic heterocycles. The van der Waals surface area contributed by atoms with Crippen LogP contribution >= 0.6 is 0 Å². The van der Waals surface area contributed by atoms with E-state index in [1.165, 1.54) is 134 Å². The fourth-order valence-electron chi connectivity index (χ4n) is 6.65. The lowest BCUT2D eigenvalue weighted by molar-refractivity contribution is 0.136. The van der Waals surface area contributed by atoms with Crippen molar-refractivity contribution in [2.45, 2.75) is 184 Å². The van der Waals surface area contributed by atoms with Crippen LogP contribution in [0, 0.1) is 0 Å². The zero-order valence-corrected chi connectivity index (χ0v) is 38.1. The number of unbranched alkanes of at least 4 members (excludes halogenated alkanes) is 22. The van der Waals surface area contributed by atoms with Crippen LogP contribution in [0.3, 0.4) is 0 Å². The first-order valence-electron chi connectivity index (χ1n) is 22.6. The summed E-state index contributed by atoms with van der Waals surface area (Å²) in [5.74, 6) is 0. The lowest BCUT2D eigenvalue weighted by Crippen LogP contribution is -2.32. The van der Waals surface area contributed by atoms with Crippen molar-refractivity contribution in [3.63, 3.8) is 0 Å². The predicted octanol–water partition coefficient (Wildman–Crippen LogP) is 10.5. The Balaban J connectivity index is 0.000000912. The van der Waals surface area contributed by atoms with Gasteiger partial charge in [0.2, 0.25) is 0 Å². The van der Waals surface area contributed by atoms with E-state index >= 15 is 0 Å². The zero-order chi connectivity index (χ0) is 43.0. The molecule has 4 N–H and O–H groups in total. The number of aliphatic hydroxyl groups excluding tert-OH is 3. The molecule has 0 spiro atoms. The summed E-state index contributed by atoms with van der Waals surface area (Å²) in [4.78, 5) is 2.09. The molecule has 0 radical (unpaired) electrons. The van der Waals surface area contributed by atoms with Gasteiger partial charge in [-0.15, -0.1) is 0 Å². The highest BCUT2D eigenvalue weighted by molar-refractivity contribution is 7.86. The van der Waals surface area contributed by atoms with Crippen molar-refractivity contribution in [1.29, 1.82) is 0 Å². The van der Waals surface area contributed by atoms with Gasteiger partial charge in [-0.2, -0.15) is 16.8 Å². The molecule has 2 rings (SSSR count). The van der Waals surface area contributed by atoms with Gasteiger partial charge in [0.15, 0.2) is 0 Å². The Bertz CT molecular complexity index is 1380. The molecule has 0 aliphatic heterocycles. The minimum absolute atomic E-state index is 0.0630. The van der Waals surface area contributed by atoms with Crippen molar-refractivity contribution in [3.8, 4) is 0 Å². The molecule has 0 unspecified atom stereocenters. The van der Waals surface area contributed by atoms with Crippen LogP contribution in [0.25, 0.3) is 0 Å². The molecule has 0 amide bonds. The van der Waals surface area contributed by atoms with E-state index in [-0.39, 0.29) is 36.2 Å². The van der Waals surface area contributed by atoms with E-state index in [0.29, 0.717) is 26.1 Å². The van der Waals surface area contributed by atoms with E-state index in [2.05, 4.69) is 13.8 Å². The molecule has 0 saturated heterocycles. The fraction of sp³-hybridized carbons (Fsp3) is 0.739. The van der Waals surface area contributed by atoms with Crippen LogP contribution in [0.15, 0.2) is 64.4 Å². The van der Waals surface area contributed by atoms with Crippen LogP contribution in [0.4, 0.5) is 0 Å². The summed E-state index contributed by atoms with van der Waals surface area (Å²) in [6.45, 7) is 6.54. The summed E-state index contributed by atoms with van der Waals surface area (Å²) < 4.78 is 60.8. The van der Waals surface area contributed by atoms with E-state index in [1.54, 1.807) is 47.4 Å². The number of hydrogen-bond donors (Lipinski definition) is 4. The Kier molecular flexibility index (Phi) is 38.0. The molecule has 10 nitrogen and oxygen atoms in total. The molecule has 2 aromatic rings. The number of nitrogens with zero attached hydrogens (tertiary/aromatic N) is 1. The van der Waals surface area contributed by atoms with Crippen molar-refractivity contribution in [3.05, 3.63) is 60.2 Å². The van der Waals surface area contributed by atoms with E-state index in [9.17, 15) is 21.4 Å². The maximum atomic E-state index is 11.9. The standard InChI is InChI=1S/2C20H34O3S.C6H15NO3/c1-2-3-4-5-6-7-8-9-10-11-12-16-19-23-24(21,22)20-17-14-13-15-18-20;1-2-3-4-5-6-7-8-9-10-11-12-13-16-19-17-14-15-18-20(19)24(21,22)23;8-4-1-7(2-5-9)3-6-10/h13-15,17-18H,2-12,16,19H2,1H3;14-15,17-18H,2-13,16H2,1H3,(H,21,22,23);8-10H,1-6H2. The van der Waals surface area contributed by atoms with Gasteiger partial charge >= 0.3 is 0 Å². The Hall–Kier alpha value is -1.90. The Morgan fingerprint density at radius 2 is 0.845 bits per heavy atom. The van der Waals surface area contributed by atoms with E-state index in [1.807, 2.05) is 6.07 Å². The first-order chi connectivity index (χ1) is 28.1. The molecule has 338 valence electrons. The monoisotopic (exact) mass is 858 g/mol. The Morgan fingerprint density at radius 1 is 0.483 bits per heavy atom. The summed E-state index contributed by atoms with van der Waals surface area (Å²) in [6, 6.07) is 15.1. The van der Waals surface area contributed by atoms with Crippen LogP contribution in [0.1, 0.15) is 174 Å². The smallest absolute Gasteiger partial charge is 0.296 e. The number of rotatable bonds is 35. The van der Waals surface area contributed by atoms with Crippen molar-refractivity contribution < 1.29 is 40.9 Å². The molecular weight excluding hydrogens is 775 g/mol. The van der Waals surface area contributed by atoms with Crippen LogP contribution < -0.4 is 0 Å². The predicted molar refractivity (Wildman–Crippen MR) is 239 cm³/mol. The molecule has 2 aromatic carbocycles. The normalized spacial score (nSPS) is 11.6. The van der Waals surface area contributed by atoms with Gasteiger partial charge in [0, 0.05) is 19.6 Å². The second kappa shape index (κ2) is 39.2. The largest absolute Gasteiger partial charge is 0.395 e. The summed E-state index contributed by atoms with van der Waals surface area (Å²) in [5, 5.41) is 25.5. The molecule has 0 aliphatic carbocycles. The molecular formula is C46H83NO9S2. The summed E-state index contributed by atoms with van der Waals surface area (Å²) >= 11 is 0. The molecule has 0 bridgehead atoms. The molecule has 0 heterocycles. The maximum absolute atomic E-state index is 11.9. The van der Waals surface area contributed by atoms with Crippen LogP contribution in [0.2, 0.25) is 0 Å². The van der Waals surface area contributed by atoms with Gasteiger partial charge in [0.1, 0.15) is 0 Å². The second-order valence-corrected chi connectivity index (χ2v) is 18.2. The summed E-state index contributed by atoms with van der Waals surface area (Å²) in [6.07, 6.45) is 31.3. The Morgan fingerprint density at radius 3 is 1.24 bits per heavy atom. The number of aryl methyl sites for hydroxylation is 1. The van der Waals surface area contributed by atoms with Crippen LogP contribution in [-0.2, 0) is 30.8 Å². The van der Waals surface area contributed by atoms with Gasteiger partial charge in [-0.25, -0.2) is 0 Å². The van der Waals surface area contributed by atoms with Gasteiger partial charge < -0.3 is 15.3 Å². The number of aliphatic hydroxyl groups is 3. The van der Waals surface area contributed by atoms with Crippen LogP contribution in [0.5, 0.6) is 0 Å². The molecule has 58 heavy (non-hydrogen) atoms. The highest BCUT2D eigenvalue weighted by Crippen LogP contribution is 2.19. The van der Waals surface area contributed by atoms with Gasteiger partial charge in [-0.05, 0) is 43.0 Å². The topological polar surface area (TPSA) is 162 Å². The highest BCUT2D eigenvalue weighted by atomic mass is 32.2. The van der Waals surface area contributed by atoms with Crippen molar-refractivity contribution in [2.24, 2.45) is 0 Å². The number of hydrogen-bond acceptors (Lipinski definition) is 9.